The van der Waals surface area contributed by atoms with E-state index >= 15 is 0 Å². The molecule has 0 aliphatic rings. The van der Waals surface area contributed by atoms with Gasteiger partial charge in [-0.25, -0.2) is 4.57 Å². The summed E-state index contributed by atoms with van der Waals surface area (Å²) < 4.78 is 32.6. The molecule has 54 heavy (non-hydrogen) atoms. The largest absolute Gasteiger partial charge is 0.480 e. The molecule has 0 spiro atoms. The Balaban J connectivity index is 4.38. The van der Waals surface area contributed by atoms with E-state index < -0.39 is 51.1 Å². The van der Waals surface area contributed by atoms with Crippen molar-refractivity contribution in [3.8, 4) is 0 Å². The van der Waals surface area contributed by atoms with Crippen LogP contribution in [0.15, 0.2) is 12.2 Å². The summed E-state index contributed by atoms with van der Waals surface area (Å²) in [5, 5.41) is 8.88. The summed E-state index contributed by atoms with van der Waals surface area (Å²) in [6.07, 6.45) is 37.2. The molecule has 0 aliphatic heterocycles. The lowest BCUT2D eigenvalue weighted by molar-refractivity contribution is -0.161. The number of ether oxygens (including phenoxy) is 2. The van der Waals surface area contributed by atoms with Crippen molar-refractivity contribution in [1.82, 2.24) is 0 Å². The van der Waals surface area contributed by atoms with Gasteiger partial charge in [-0.05, 0) is 25.7 Å². The van der Waals surface area contributed by atoms with Crippen LogP contribution in [0.25, 0.3) is 0 Å². The molecule has 4 N–H and O–H groups in total. The van der Waals surface area contributed by atoms with Gasteiger partial charge in [-0.15, -0.1) is 0 Å². The summed E-state index contributed by atoms with van der Waals surface area (Å²) in [5.41, 5.74) is 5.33. The first-order chi connectivity index (χ1) is 26.1. The first-order valence-corrected chi connectivity index (χ1v) is 23.2. The quantitative estimate of drug-likeness (QED) is 0.0233. The fourth-order valence-corrected chi connectivity index (χ4v) is 6.86. The Morgan fingerprint density at radius 1 is 0.556 bits per heavy atom. The summed E-state index contributed by atoms with van der Waals surface area (Å²) >= 11 is 0. The number of carbonyl (C=O) groups is 3. The highest BCUT2D eigenvalue weighted by atomic mass is 31.2. The summed E-state index contributed by atoms with van der Waals surface area (Å²) in [7, 11) is -4.72. The van der Waals surface area contributed by atoms with Gasteiger partial charge in [0.2, 0.25) is 0 Å². The molecular formula is C42H80NO10P. The van der Waals surface area contributed by atoms with Crippen LogP contribution < -0.4 is 5.73 Å². The number of aliphatic carboxylic acids is 1. The fraction of sp³-hybridized carbons (Fsp3) is 0.881. The van der Waals surface area contributed by atoms with Gasteiger partial charge >= 0.3 is 25.7 Å². The van der Waals surface area contributed by atoms with Crippen molar-refractivity contribution in [3.63, 3.8) is 0 Å². The summed E-state index contributed by atoms with van der Waals surface area (Å²) in [6, 6.07) is -1.52. The van der Waals surface area contributed by atoms with Gasteiger partial charge in [0, 0.05) is 12.8 Å². The Kier molecular flexibility index (Phi) is 36.9. The van der Waals surface area contributed by atoms with Gasteiger partial charge in [-0.1, -0.05) is 180 Å². The minimum Gasteiger partial charge on any atom is -0.480 e. The van der Waals surface area contributed by atoms with Crippen LogP contribution in [0, 0.1) is 0 Å². The van der Waals surface area contributed by atoms with Crippen molar-refractivity contribution >= 4 is 25.7 Å². The molecule has 318 valence electrons. The smallest absolute Gasteiger partial charge is 0.472 e. The molecule has 11 nitrogen and oxygen atoms in total. The second-order valence-corrected chi connectivity index (χ2v) is 16.3. The van der Waals surface area contributed by atoms with Gasteiger partial charge in [0.15, 0.2) is 6.10 Å². The van der Waals surface area contributed by atoms with E-state index in [9.17, 15) is 23.8 Å². The number of carboxylic acid groups (broad SMARTS) is 1. The standard InChI is InChI=1S/C42H80NO10P/c1-3-5-7-9-11-13-15-17-19-21-23-25-27-29-31-33-40(44)50-35-38(36-51-54(48,49)52-37-39(43)42(46)47)53-41(45)34-32-30-28-26-24-22-20-18-16-14-12-10-8-6-4-2/h28,30,38-39H,3-27,29,31-37,43H2,1-2H3,(H,46,47)(H,48,49). The number of hydrogen-bond donors (Lipinski definition) is 3. The molecule has 0 aliphatic carbocycles. The topological polar surface area (TPSA) is 172 Å². The van der Waals surface area contributed by atoms with Gasteiger partial charge in [-0.2, -0.15) is 0 Å². The summed E-state index contributed by atoms with van der Waals surface area (Å²) in [4.78, 5) is 45.9. The SMILES string of the molecule is CCCCCCCCCCCCCC=CCCC(=O)OC(COC(=O)CCCCCCCCCCCCCCCCC)COP(=O)(O)OCC(N)C(=O)O. The number of allylic oxidation sites excluding steroid dienone is 2. The Bertz CT molecular complexity index is 979. The molecule has 12 heteroatoms. The van der Waals surface area contributed by atoms with Crippen LogP contribution in [0.3, 0.4) is 0 Å². The first kappa shape index (κ1) is 52.2. The van der Waals surface area contributed by atoms with Gasteiger partial charge in [0.05, 0.1) is 13.2 Å². The number of phosphoric acid groups is 1. The van der Waals surface area contributed by atoms with Crippen LogP contribution in [-0.2, 0) is 37.5 Å². The third-order valence-electron chi connectivity index (χ3n) is 9.53. The molecule has 0 fully saturated rings. The number of nitrogens with two attached hydrogens (primary N) is 1. The Hall–Kier alpha value is -1.78. The summed E-state index contributed by atoms with van der Waals surface area (Å²) in [5.74, 6) is -2.43. The van der Waals surface area contributed by atoms with E-state index in [4.69, 9.17) is 24.8 Å². The zero-order valence-electron chi connectivity index (χ0n) is 34.3. The van der Waals surface area contributed by atoms with Crippen LogP contribution in [0.1, 0.15) is 206 Å². The molecule has 0 amide bonds. The predicted molar refractivity (Wildman–Crippen MR) is 217 cm³/mol. The van der Waals surface area contributed by atoms with Crippen LogP contribution >= 0.6 is 7.82 Å². The van der Waals surface area contributed by atoms with Gasteiger partial charge in [0.1, 0.15) is 12.6 Å². The van der Waals surface area contributed by atoms with Gasteiger partial charge in [0.25, 0.3) is 0 Å². The maximum atomic E-state index is 12.6. The zero-order valence-corrected chi connectivity index (χ0v) is 35.2. The maximum absolute atomic E-state index is 12.6. The molecule has 0 bridgehead atoms. The lowest BCUT2D eigenvalue weighted by atomic mass is 10.0. The predicted octanol–water partition coefficient (Wildman–Crippen LogP) is 11.3. The molecule has 0 aromatic carbocycles. The number of phosphoric ester groups is 1. The van der Waals surface area contributed by atoms with Crippen molar-refractivity contribution in [3.05, 3.63) is 12.2 Å². The molecule has 0 rings (SSSR count). The van der Waals surface area contributed by atoms with Crippen molar-refractivity contribution in [1.29, 1.82) is 0 Å². The van der Waals surface area contributed by atoms with E-state index in [0.29, 0.717) is 12.8 Å². The van der Waals surface area contributed by atoms with E-state index in [1.807, 2.05) is 6.08 Å². The third kappa shape index (κ3) is 37.2. The second kappa shape index (κ2) is 38.1. The minimum absolute atomic E-state index is 0.0824. The zero-order chi connectivity index (χ0) is 40.0. The van der Waals surface area contributed by atoms with Gasteiger partial charge in [-0.3, -0.25) is 23.4 Å². The van der Waals surface area contributed by atoms with Gasteiger partial charge < -0.3 is 25.2 Å². The van der Waals surface area contributed by atoms with Crippen LogP contribution in [0.5, 0.6) is 0 Å². The molecule has 0 saturated heterocycles. The monoisotopic (exact) mass is 790 g/mol. The number of unbranched alkanes of at least 4 members (excludes halogenated alkanes) is 25. The first-order valence-electron chi connectivity index (χ1n) is 21.7. The number of esters is 2. The number of carbonyl (C=O) groups excluding carboxylic acids is 2. The average Bonchev–Trinajstić information content (AvgIpc) is 3.14. The van der Waals surface area contributed by atoms with Crippen molar-refractivity contribution in [2.75, 3.05) is 19.8 Å². The highest BCUT2D eigenvalue weighted by Crippen LogP contribution is 2.43. The minimum atomic E-state index is -4.72. The number of hydrogen-bond acceptors (Lipinski definition) is 9. The molecule has 0 heterocycles. The third-order valence-corrected chi connectivity index (χ3v) is 10.5. The molecule has 3 atom stereocenters. The highest BCUT2D eigenvalue weighted by molar-refractivity contribution is 7.47. The summed E-state index contributed by atoms with van der Waals surface area (Å²) in [6.45, 7) is 2.78. The highest BCUT2D eigenvalue weighted by Gasteiger charge is 2.28. The molecular weight excluding hydrogens is 709 g/mol. The lowest BCUT2D eigenvalue weighted by Crippen LogP contribution is -2.34. The second-order valence-electron chi connectivity index (χ2n) is 14.8. The molecule has 0 aromatic heterocycles. The molecule has 0 aromatic rings. The van der Waals surface area contributed by atoms with Crippen LogP contribution in [0.2, 0.25) is 0 Å². The van der Waals surface area contributed by atoms with E-state index in [-0.39, 0.29) is 19.4 Å². The Morgan fingerprint density at radius 2 is 0.963 bits per heavy atom. The molecule has 0 radical (unpaired) electrons. The lowest BCUT2D eigenvalue weighted by Gasteiger charge is -2.20. The normalized spacial score (nSPS) is 13.9. The van der Waals surface area contributed by atoms with E-state index in [0.717, 1.165) is 32.1 Å². The molecule has 3 unspecified atom stereocenters. The van der Waals surface area contributed by atoms with Crippen molar-refractivity contribution < 1.29 is 47.5 Å². The average molecular weight is 790 g/mol. The van der Waals surface area contributed by atoms with Crippen molar-refractivity contribution in [2.24, 2.45) is 5.73 Å². The van der Waals surface area contributed by atoms with E-state index in [1.54, 1.807) is 0 Å². The fourth-order valence-electron chi connectivity index (χ4n) is 6.08. The van der Waals surface area contributed by atoms with E-state index in [1.165, 1.54) is 135 Å². The van der Waals surface area contributed by atoms with Crippen LogP contribution in [-0.4, -0.2) is 59.9 Å². The maximum Gasteiger partial charge on any atom is 0.472 e. The van der Waals surface area contributed by atoms with Crippen LogP contribution in [0.4, 0.5) is 0 Å². The Labute approximate surface area is 328 Å². The Morgan fingerprint density at radius 3 is 1.43 bits per heavy atom. The number of carboxylic acids is 1. The van der Waals surface area contributed by atoms with E-state index in [2.05, 4.69) is 24.4 Å². The molecule has 0 saturated carbocycles. The number of rotatable bonds is 41. The van der Waals surface area contributed by atoms with Crippen molar-refractivity contribution in [2.45, 2.75) is 219 Å².